The van der Waals surface area contributed by atoms with E-state index in [1.165, 1.54) is 6.92 Å². The number of rotatable bonds is 35. The van der Waals surface area contributed by atoms with Gasteiger partial charge in [0.25, 0.3) is 5.91 Å². The molecule has 3 atom stereocenters. The maximum atomic E-state index is 13.2. The number of para-hydroxylation sites is 1. The van der Waals surface area contributed by atoms with Crippen LogP contribution in [0.5, 0.6) is 0 Å². The van der Waals surface area contributed by atoms with E-state index in [0.29, 0.717) is 167 Å². The minimum Gasteiger partial charge on any atom is -0.449 e. The normalized spacial score (nSPS) is 16.6. The van der Waals surface area contributed by atoms with Crippen molar-refractivity contribution < 1.29 is 71.6 Å². The number of ether oxygens (including phenoxy) is 7. The highest BCUT2D eigenvalue weighted by Crippen LogP contribution is 2.52. The topological polar surface area (TPSA) is 224 Å². The highest BCUT2D eigenvalue weighted by Gasteiger charge is 2.49. The van der Waals surface area contributed by atoms with Crippen molar-refractivity contribution in [3.63, 3.8) is 0 Å². The summed E-state index contributed by atoms with van der Waals surface area (Å²) in [5.41, 5.74) is 3.89. The predicted octanol–water partition coefficient (Wildman–Crippen LogP) is 6.81. The molecule has 0 radical (unpaired) electrons. The fraction of sp³-hybridized carbons (Fsp3) is 0.583. The number of allylic oxidation sites excluding steroid dienone is 1. The van der Waals surface area contributed by atoms with Gasteiger partial charge in [-0.1, -0.05) is 56.2 Å². The number of hydroxylamine groups is 2. The molecule has 1 saturated carbocycles. The molecule has 2 N–H and O–H groups in total. The van der Waals surface area contributed by atoms with Gasteiger partial charge in [-0.05, 0) is 80.5 Å². The Morgan fingerprint density at radius 3 is 1.85 bits per heavy atom. The van der Waals surface area contributed by atoms with E-state index in [2.05, 4.69) is 40.9 Å². The number of hydrogen-bond acceptors (Lipinski definition) is 15. The van der Waals surface area contributed by atoms with Crippen LogP contribution in [0, 0.1) is 41.4 Å². The summed E-state index contributed by atoms with van der Waals surface area (Å²) in [4.78, 5) is 90.2. The maximum absolute atomic E-state index is 13.2. The third-order valence-electron chi connectivity index (χ3n) is 13.1. The molecule has 4 aliphatic rings. The summed E-state index contributed by atoms with van der Waals surface area (Å²) in [6.45, 7) is 11.8. The van der Waals surface area contributed by atoms with E-state index in [1.54, 1.807) is 4.90 Å². The number of hydrogen-bond donors (Lipinski definition) is 2. The van der Waals surface area contributed by atoms with Crippen molar-refractivity contribution >= 4 is 47.0 Å². The zero-order valence-electron chi connectivity index (χ0n) is 45.3. The third kappa shape index (κ3) is 25.9. The fourth-order valence-electron chi connectivity index (χ4n) is 8.76. The Hall–Kier alpha value is -6.45. The SMILES string of the molecule is C.C=C1CCC(=O)N1OC(=O)CCCC(=O)CCCOCCOCCNC(=O)OCC1[C@H]2CCC#CCC[C@@H]12.CC(=O)CCOCCOCCOCCOCCNC(=O)CCC(=O)N1Cc2ccccc2C#Cc2ccccc21. The molecule has 4 amide bonds. The van der Waals surface area contributed by atoms with Gasteiger partial charge in [-0.2, -0.15) is 0 Å². The minimum absolute atomic E-state index is 0. The van der Waals surface area contributed by atoms with Gasteiger partial charge in [0.15, 0.2) is 0 Å². The van der Waals surface area contributed by atoms with Crippen LogP contribution >= 0.6 is 0 Å². The number of anilines is 1. The average Bonchev–Trinajstić information content (AvgIpc) is 4.12. The number of Topliss-reactive ketones (excluding diaryl/α,β-unsaturated/α-hetero) is 2. The van der Waals surface area contributed by atoms with Crippen molar-refractivity contribution in [1.29, 1.82) is 0 Å². The summed E-state index contributed by atoms with van der Waals surface area (Å²) >= 11 is 0. The van der Waals surface area contributed by atoms with Gasteiger partial charge < -0.3 is 53.5 Å². The van der Waals surface area contributed by atoms with E-state index < -0.39 is 12.1 Å². The van der Waals surface area contributed by atoms with Crippen molar-refractivity contribution in [1.82, 2.24) is 15.7 Å². The quantitative estimate of drug-likeness (QED) is 0.0534. The highest BCUT2D eigenvalue weighted by molar-refractivity contribution is 5.97. The summed E-state index contributed by atoms with van der Waals surface area (Å²) in [7, 11) is 0. The molecule has 2 aliphatic heterocycles. The predicted molar refractivity (Wildman–Crippen MR) is 295 cm³/mol. The van der Waals surface area contributed by atoms with Gasteiger partial charge in [0.05, 0.1) is 97.2 Å². The van der Waals surface area contributed by atoms with Crippen LogP contribution in [-0.4, -0.2) is 145 Å². The molecule has 1 saturated heterocycles. The second-order valence-electron chi connectivity index (χ2n) is 19.0. The van der Waals surface area contributed by atoms with Gasteiger partial charge in [0.2, 0.25) is 11.8 Å². The molecule has 1 unspecified atom stereocenters. The second-order valence-corrected chi connectivity index (χ2v) is 19.0. The van der Waals surface area contributed by atoms with Crippen LogP contribution < -0.4 is 15.5 Å². The fourth-order valence-corrected chi connectivity index (χ4v) is 8.76. The van der Waals surface area contributed by atoms with Gasteiger partial charge in [0.1, 0.15) is 11.6 Å². The highest BCUT2D eigenvalue weighted by atomic mass is 16.7. The van der Waals surface area contributed by atoms with Gasteiger partial charge in [-0.25, -0.2) is 9.59 Å². The number of carbonyl (C=O) groups excluding carboxylic acids is 7. The van der Waals surface area contributed by atoms with E-state index >= 15 is 0 Å². The van der Waals surface area contributed by atoms with Crippen molar-refractivity contribution in [2.24, 2.45) is 17.8 Å². The molecular weight excluding hydrogens is 1020 g/mol. The zero-order chi connectivity index (χ0) is 55.6. The van der Waals surface area contributed by atoms with E-state index in [1.807, 2.05) is 48.5 Å². The van der Waals surface area contributed by atoms with E-state index in [9.17, 15) is 33.6 Å². The molecule has 2 aromatic carbocycles. The van der Waals surface area contributed by atoms with Gasteiger partial charge in [-0.15, -0.1) is 16.9 Å². The Balaban J connectivity index is 0.000000337. The number of ketones is 2. The van der Waals surface area contributed by atoms with Crippen molar-refractivity contribution in [3.8, 4) is 23.7 Å². The molecule has 0 bridgehead atoms. The lowest BCUT2D eigenvalue weighted by atomic mass is 10.0. The molecule has 0 spiro atoms. The van der Waals surface area contributed by atoms with Crippen LogP contribution in [0.1, 0.15) is 121 Å². The summed E-state index contributed by atoms with van der Waals surface area (Å²) in [6.07, 6.45) is 6.80. The summed E-state index contributed by atoms with van der Waals surface area (Å²) in [5.74, 6) is 13.6. The van der Waals surface area contributed by atoms with E-state index in [-0.39, 0.29) is 62.4 Å². The zero-order valence-corrected chi connectivity index (χ0v) is 45.3. The van der Waals surface area contributed by atoms with Crippen LogP contribution in [0.3, 0.4) is 0 Å². The number of amides is 4. The summed E-state index contributed by atoms with van der Waals surface area (Å²) < 4.78 is 37.8. The molecule has 432 valence electrons. The number of alkyl carbamates (subject to hydrolysis) is 1. The summed E-state index contributed by atoms with van der Waals surface area (Å²) in [5, 5.41) is 6.45. The Labute approximate surface area is 466 Å². The molecule has 19 heteroatoms. The molecular formula is C60H82N4O15. The smallest absolute Gasteiger partial charge is 0.407 e. The summed E-state index contributed by atoms with van der Waals surface area (Å²) in [6, 6.07) is 15.4. The molecule has 79 heavy (non-hydrogen) atoms. The van der Waals surface area contributed by atoms with Gasteiger partial charge >= 0.3 is 12.1 Å². The molecule has 2 aromatic rings. The first-order chi connectivity index (χ1) is 38.0. The number of benzene rings is 2. The van der Waals surface area contributed by atoms with Crippen molar-refractivity contribution in [2.75, 3.05) is 104 Å². The molecule has 2 heterocycles. The Morgan fingerprint density at radius 1 is 0.633 bits per heavy atom. The lowest BCUT2D eigenvalue weighted by Gasteiger charge is -2.26. The Morgan fingerprint density at radius 2 is 1.20 bits per heavy atom. The molecule has 2 aliphatic carbocycles. The Kier molecular flexibility index (Phi) is 31.5. The number of nitrogens with one attached hydrogen (secondary N) is 2. The number of nitrogens with zero attached hydrogens (tertiary/aromatic N) is 2. The molecule has 6 rings (SSSR count). The largest absolute Gasteiger partial charge is 0.449 e. The van der Waals surface area contributed by atoms with Crippen LogP contribution in [0.15, 0.2) is 60.8 Å². The van der Waals surface area contributed by atoms with E-state index in [0.717, 1.165) is 53.1 Å². The number of fused-ring (bicyclic) bond motifs is 3. The van der Waals surface area contributed by atoms with Crippen LogP contribution in [-0.2, 0) is 73.3 Å². The molecule has 2 fully saturated rings. The monoisotopic (exact) mass is 1100 g/mol. The van der Waals surface area contributed by atoms with Crippen LogP contribution in [0.4, 0.5) is 10.5 Å². The standard InChI is InChI=1S/C31H38N2O7.C28H40N2O8.CH4/c1-25(34)14-16-37-18-20-39-22-23-40-21-19-38-17-15-32-30(35)12-13-31(36)33-24-28-8-3-2-6-26(28)10-11-27-7-4-5-9-29(27)33;1-21-13-14-26(32)30(21)38-27(33)12-6-8-22(31)9-7-16-35-18-19-36-17-15-29-28(34)37-20-25-23-10-4-2-3-5-11-24(23)25;/h2-9H,12-24H2,1H3,(H,32,35);23-25H,1,4-20H2,(H,29,34);1H4/t;23-,24+,25?;. The first-order valence-corrected chi connectivity index (χ1v) is 27.3. The van der Waals surface area contributed by atoms with Crippen molar-refractivity contribution in [3.05, 3.63) is 77.5 Å². The van der Waals surface area contributed by atoms with Crippen molar-refractivity contribution in [2.45, 2.75) is 111 Å². The van der Waals surface area contributed by atoms with Gasteiger partial charge in [0, 0.05) is 88.6 Å². The third-order valence-corrected chi connectivity index (χ3v) is 13.1. The minimum atomic E-state index is -0.540. The van der Waals surface area contributed by atoms with Gasteiger partial charge in [-0.3, -0.25) is 24.0 Å². The molecule has 0 aromatic heterocycles. The molecule has 19 nitrogen and oxygen atoms in total. The van der Waals surface area contributed by atoms with Crippen LogP contribution in [0.2, 0.25) is 0 Å². The van der Waals surface area contributed by atoms with Crippen LogP contribution in [0.25, 0.3) is 0 Å². The first kappa shape index (κ1) is 65.1. The lowest BCUT2D eigenvalue weighted by Crippen LogP contribution is -2.34. The second kappa shape index (κ2) is 38.2. The first-order valence-electron chi connectivity index (χ1n) is 27.3. The Bertz CT molecular complexity index is 2370. The maximum Gasteiger partial charge on any atom is 0.407 e. The van der Waals surface area contributed by atoms with E-state index in [4.69, 9.17) is 38.0 Å². The number of carbonyl (C=O) groups is 7. The average molecular weight is 1100 g/mol. The lowest BCUT2D eigenvalue weighted by molar-refractivity contribution is -0.186.